The van der Waals surface area contributed by atoms with Crippen LogP contribution in [-0.4, -0.2) is 60.6 Å². The number of rotatable bonds is 4. The predicted molar refractivity (Wildman–Crippen MR) is 71.3 cm³/mol. The summed E-state index contributed by atoms with van der Waals surface area (Å²) in [5.74, 6) is 0. The Bertz CT molecular complexity index is 250. The molecule has 0 aromatic heterocycles. The molecule has 3 atom stereocenters. The van der Waals surface area contributed by atoms with Crippen LogP contribution in [-0.2, 0) is 0 Å². The Morgan fingerprint density at radius 3 is 2.71 bits per heavy atom. The summed E-state index contributed by atoms with van der Waals surface area (Å²) in [7, 11) is 0. The quantitative estimate of drug-likeness (QED) is 0.795. The fourth-order valence-electron chi connectivity index (χ4n) is 3.95. The van der Waals surface area contributed by atoms with Crippen LogP contribution in [0.5, 0.6) is 0 Å². The highest BCUT2D eigenvalue weighted by Gasteiger charge is 2.36. The third-order valence-corrected chi connectivity index (χ3v) is 5.05. The van der Waals surface area contributed by atoms with Crippen LogP contribution in [0, 0.1) is 0 Å². The average molecular weight is 237 g/mol. The van der Waals surface area contributed by atoms with Gasteiger partial charge in [-0.3, -0.25) is 9.80 Å². The zero-order chi connectivity index (χ0) is 11.7. The van der Waals surface area contributed by atoms with Crippen LogP contribution in [0.25, 0.3) is 0 Å². The van der Waals surface area contributed by atoms with Crippen LogP contribution in [0.3, 0.4) is 0 Å². The molecule has 0 amide bonds. The van der Waals surface area contributed by atoms with Crippen molar-refractivity contribution < 1.29 is 0 Å². The first kappa shape index (κ1) is 11.9. The van der Waals surface area contributed by atoms with Crippen molar-refractivity contribution in [2.45, 2.75) is 57.2 Å². The maximum absolute atomic E-state index is 3.85. The highest BCUT2D eigenvalue weighted by molar-refractivity contribution is 4.96. The van der Waals surface area contributed by atoms with Gasteiger partial charge in [-0.05, 0) is 58.7 Å². The van der Waals surface area contributed by atoms with Crippen LogP contribution in [0.1, 0.15) is 39.0 Å². The molecule has 3 aliphatic heterocycles. The van der Waals surface area contributed by atoms with Crippen LogP contribution in [0.2, 0.25) is 0 Å². The Balaban J connectivity index is 1.44. The van der Waals surface area contributed by atoms with Crippen molar-refractivity contribution in [1.29, 1.82) is 0 Å². The van der Waals surface area contributed by atoms with Crippen molar-refractivity contribution in [2.24, 2.45) is 0 Å². The van der Waals surface area contributed by atoms with Crippen LogP contribution < -0.4 is 5.32 Å². The van der Waals surface area contributed by atoms with E-state index in [1.54, 1.807) is 0 Å². The molecule has 0 bridgehead atoms. The molecule has 3 heteroatoms. The maximum atomic E-state index is 3.85. The molecule has 3 aliphatic rings. The Morgan fingerprint density at radius 2 is 1.88 bits per heavy atom. The molecule has 1 N–H and O–H groups in total. The van der Waals surface area contributed by atoms with Crippen LogP contribution in [0.4, 0.5) is 0 Å². The first-order chi connectivity index (χ1) is 8.34. The number of nitrogens with one attached hydrogen (secondary N) is 1. The lowest BCUT2D eigenvalue weighted by Gasteiger charge is -2.27. The zero-order valence-electron chi connectivity index (χ0n) is 11.2. The lowest BCUT2D eigenvalue weighted by molar-refractivity contribution is 0.236. The van der Waals surface area contributed by atoms with Gasteiger partial charge in [0.05, 0.1) is 0 Å². The van der Waals surface area contributed by atoms with Gasteiger partial charge in [0.2, 0.25) is 0 Å². The molecular formula is C14H27N3. The molecular weight excluding hydrogens is 210 g/mol. The topological polar surface area (TPSA) is 18.5 Å². The van der Waals surface area contributed by atoms with Gasteiger partial charge >= 0.3 is 0 Å². The highest BCUT2D eigenvalue weighted by Crippen LogP contribution is 2.27. The van der Waals surface area contributed by atoms with Gasteiger partial charge in [0.1, 0.15) is 0 Å². The summed E-state index contributed by atoms with van der Waals surface area (Å²) in [6, 6.07) is 2.37. The van der Waals surface area contributed by atoms with Crippen molar-refractivity contribution in [3.8, 4) is 0 Å². The van der Waals surface area contributed by atoms with Gasteiger partial charge in [0.15, 0.2) is 0 Å². The molecule has 0 aromatic rings. The second-order valence-electron chi connectivity index (χ2n) is 6.14. The SMILES string of the molecule is CC(CNC1CCN2CCCC12)N1CCCC1. The minimum Gasteiger partial charge on any atom is -0.311 e. The summed E-state index contributed by atoms with van der Waals surface area (Å²) in [6.45, 7) is 8.91. The molecule has 3 nitrogen and oxygen atoms in total. The first-order valence-corrected chi connectivity index (χ1v) is 7.56. The van der Waals surface area contributed by atoms with Gasteiger partial charge in [-0.15, -0.1) is 0 Å². The molecule has 0 saturated carbocycles. The largest absolute Gasteiger partial charge is 0.311 e. The van der Waals surface area contributed by atoms with E-state index in [1.165, 1.54) is 64.8 Å². The van der Waals surface area contributed by atoms with Crippen LogP contribution in [0.15, 0.2) is 0 Å². The number of nitrogens with zero attached hydrogens (tertiary/aromatic N) is 2. The smallest absolute Gasteiger partial charge is 0.0250 e. The van der Waals surface area contributed by atoms with E-state index in [1.807, 2.05) is 0 Å². The minimum atomic E-state index is 0.730. The van der Waals surface area contributed by atoms with E-state index in [2.05, 4.69) is 22.0 Å². The Morgan fingerprint density at radius 1 is 1.06 bits per heavy atom. The van der Waals surface area contributed by atoms with E-state index in [4.69, 9.17) is 0 Å². The molecule has 0 radical (unpaired) electrons. The fourth-order valence-corrected chi connectivity index (χ4v) is 3.95. The molecule has 3 rings (SSSR count). The van der Waals surface area contributed by atoms with Gasteiger partial charge in [-0.1, -0.05) is 0 Å². The maximum Gasteiger partial charge on any atom is 0.0250 e. The van der Waals surface area contributed by atoms with E-state index in [0.29, 0.717) is 0 Å². The molecule has 3 unspecified atom stereocenters. The summed E-state index contributed by atoms with van der Waals surface area (Å²) in [5, 5.41) is 3.85. The van der Waals surface area contributed by atoms with Gasteiger partial charge in [0.25, 0.3) is 0 Å². The van der Waals surface area contributed by atoms with Crippen molar-refractivity contribution in [1.82, 2.24) is 15.1 Å². The van der Waals surface area contributed by atoms with Crippen molar-refractivity contribution >= 4 is 0 Å². The highest BCUT2D eigenvalue weighted by atomic mass is 15.2. The predicted octanol–water partition coefficient (Wildman–Crippen LogP) is 1.30. The summed E-state index contributed by atoms with van der Waals surface area (Å²) >= 11 is 0. The first-order valence-electron chi connectivity index (χ1n) is 7.56. The monoisotopic (exact) mass is 237 g/mol. The normalized spacial score (nSPS) is 36.5. The molecule has 3 fully saturated rings. The van der Waals surface area contributed by atoms with Crippen molar-refractivity contribution in [2.75, 3.05) is 32.7 Å². The Kier molecular flexibility index (Phi) is 3.69. The number of fused-ring (bicyclic) bond motifs is 1. The Hall–Kier alpha value is -0.120. The number of hydrogen-bond acceptors (Lipinski definition) is 3. The summed E-state index contributed by atoms with van der Waals surface area (Å²) < 4.78 is 0. The molecule has 98 valence electrons. The summed E-state index contributed by atoms with van der Waals surface area (Å²) in [4.78, 5) is 5.34. The van der Waals surface area contributed by atoms with Gasteiger partial charge in [-0.2, -0.15) is 0 Å². The zero-order valence-corrected chi connectivity index (χ0v) is 11.2. The lowest BCUT2D eigenvalue weighted by atomic mass is 10.1. The van der Waals surface area contributed by atoms with Crippen LogP contribution >= 0.6 is 0 Å². The molecule has 3 saturated heterocycles. The Labute approximate surface area is 106 Å². The number of likely N-dealkylation sites (tertiary alicyclic amines) is 1. The van der Waals surface area contributed by atoms with Crippen molar-refractivity contribution in [3.05, 3.63) is 0 Å². The third kappa shape index (κ3) is 2.51. The minimum absolute atomic E-state index is 0.730. The molecule has 17 heavy (non-hydrogen) atoms. The third-order valence-electron chi connectivity index (χ3n) is 5.05. The van der Waals surface area contributed by atoms with Gasteiger partial charge < -0.3 is 5.32 Å². The molecule has 0 spiro atoms. The van der Waals surface area contributed by atoms with E-state index in [-0.39, 0.29) is 0 Å². The fraction of sp³-hybridized carbons (Fsp3) is 1.00. The standard InChI is InChI=1S/C14H27N3/c1-12(16-7-2-3-8-16)11-15-13-6-10-17-9-4-5-14(13)17/h12-15H,2-11H2,1H3. The summed E-state index contributed by atoms with van der Waals surface area (Å²) in [6.07, 6.45) is 7.03. The van der Waals surface area contributed by atoms with Gasteiger partial charge in [-0.25, -0.2) is 0 Å². The molecule has 3 heterocycles. The second-order valence-corrected chi connectivity index (χ2v) is 6.14. The lowest BCUT2D eigenvalue weighted by Crippen LogP contribution is -2.45. The molecule has 0 aliphatic carbocycles. The number of hydrogen-bond donors (Lipinski definition) is 1. The van der Waals surface area contributed by atoms with Crippen molar-refractivity contribution in [3.63, 3.8) is 0 Å². The van der Waals surface area contributed by atoms with Gasteiger partial charge in [0, 0.05) is 31.2 Å². The molecule has 0 aromatic carbocycles. The average Bonchev–Trinajstić information content (AvgIpc) is 3.03. The van der Waals surface area contributed by atoms with E-state index >= 15 is 0 Å². The van der Waals surface area contributed by atoms with E-state index < -0.39 is 0 Å². The summed E-state index contributed by atoms with van der Waals surface area (Å²) in [5.41, 5.74) is 0. The second kappa shape index (κ2) is 5.25. The van der Waals surface area contributed by atoms with E-state index in [9.17, 15) is 0 Å². The van der Waals surface area contributed by atoms with E-state index in [0.717, 1.165) is 18.1 Å².